The Kier molecular flexibility index (Phi) is 2.41. The van der Waals surface area contributed by atoms with Crippen molar-refractivity contribution >= 4 is 23.9 Å². The zero-order valence-corrected chi connectivity index (χ0v) is 8.08. The normalized spacial score (nSPS) is 15.9. The summed E-state index contributed by atoms with van der Waals surface area (Å²) in [7, 11) is 0. The number of imide groups is 1. The van der Waals surface area contributed by atoms with Crippen LogP contribution in [-0.2, 0) is 4.79 Å². The van der Waals surface area contributed by atoms with Gasteiger partial charge in [0.2, 0.25) is 5.91 Å². The van der Waals surface area contributed by atoms with Gasteiger partial charge in [-0.1, -0.05) is 18.2 Å². The van der Waals surface area contributed by atoms with Gasteiger partial charge in [-0.15, -0.1) is 0 Å². The van der Waals surface area contributed by atoms with E-state index in [2.05, 4.69) is 5.32 Å². The fourth-order valence-corrected chi connectivity index (χ4v) is 1.95. The molecule has 0 saturated carbocycles. The number of amides is 3. The van der Waals surface area contributed by atoms with E-state index < -0.39 is 0 Å². The number of rotatable bonds is 2. The molecule has 1 fully saturated rings. The molecular formula is C9H8N2O2S. The monoisotopic (exact) mass is 208 g/mol. The molecule has 1 saturated heterocycles. The van der Waals surface area contributed by atoms with Crippen LogP contribution < -0.4 is 5.32 Å². The average Bonchev–Trinajstić information content (AvgIpc) is 2.47. The number of carbonyl (C=O) groups is 2. The minimum atomic E-state index is -0.344. The first kappa shape index (κ1) is 9.08. The van der Waals surface area contributed by atoms with Crippen molar-refractivity contribution in [2.24, 2.45) is 0 Å². The SMILES string of the molecule is O=C1CN(Sc2ccccc2)C(=O)N1. The Morgan fingerprint density at radius 3 is 2.50 bits per heavy atom. The van der Waals surface area contributed by atoms with Crippen LogP contribution in [0, 0.1) is 0 Å². The van der Waals surface area contributed by atoms with Crippen molar-refractivity contribution in [2.45, 2.75) is 4.90 Å². The van der Waals surface area contributed by atoms with Gasteiger partial charge in [-0.2, -0.15) is 0 Å². The van der Waals surface area contributed by atoms with Crippen molar-refractivity contribution < 1.29 is 9.59 Å². The van der Waals surface area contributed by atoms with Crippen LogP contribution in [0.2, 0.25) is 0 Å². The number of nitrogens with one attached hydrogen (secondary N) is 1. The average molecular weight is 208 g/mol. The van der Waals surface area contributed by atoms with Gasteiger partial charge >= 0.3 is 6.03 Å². The quantitative estimate of drug-likeness (QED) is 0.587. The molecule has 3 amide bonds. The number of hydrogen-bond donors (Lipinski definition) is 1. The van der Waals surface area contributed by atoms with Gasteiger partial charge in [0.25, 0.3) is 0 Å². The van der Waals surface area contributed by atoms with Gasteiger partial charge in [0.05, 0.1) is 0 Å². The topological polar surface area (TPSA) is 49.4 Å². The van der Waals surface area contributed by atoms with Crippen LogP contribution in [0.1, 0.15) is 0 Å². The Bertz CT molecular complexity index is 366. The number of hydrogen-bond acceptors (Lipinski definition) is 3. The van der Waals surface area contributed by atoms with Gasteiger partial charge in [0.15, 0.2) is 0 Å². The predicted octanol–water partition coefficient (Wildman–Crippen LogP) is 1.25. The molecular weight excluding hydrogens is 200 g/mol. The standard InChI is InChI=1S/C9H8N2O2S/c12-8-6-11(9(13)10-8)14-7-4-2-1-3-5-7/h1-5H,6H2,(H,10,12,13). The Morgan fingerprint density at radius 2 is 1.93 bits per heavy atom. The summed E-state index contributed by atoms with van der Waals surface area (Å²) in [6, 6.07) is 9.11. The van der Waals surface area contributed by atoms with Gasteiger partial charge < -0.3 is 0 Å². The zero-order chi connectivity index (χ0) is 9.97. The van der Waals surface area contributed by atoms with Gasteiger partial charge in [-0.3, -0.25) is 14.4 Å². The minimum absolute atomic E-state index is 0.123. The van der Waals surface area contributed by atoms with Crippen LogP contribution >= 0.6 is 11.9 Å². The lowest BCUT2D eigenvalue weighted by atomic mass is 10.4. The van der Waals surface area contributed by atoms with Crippen molar-refractivity contribution in [2.75, 3.05) is 6.54 Å². The molecule has 72 valence electrons. The maximum absolute atomic E-state index is 11.2. The number of urea groups is 1. The lowest BCUT2D eigenvalue weighted by Crippen LogP contribution is -2.22. The van der Waals surface area contributed by atoms with Gasteiger partial charge in [-0.25, -0.2) is 4.79 Å². The van der Waals surface area contributed by atoms with E-state index in [4.69, 9.17) is 0 Å². The highest BCUT2D eigenvalue weighted by Gasteiger charge is 2.27. The van der Waals surface area contributed by atoms with Crippen LogP contribution in [0.3, 0.4) is 0 Å². The first-order chi connectivity index (χ1) is 6.75. The van der Waals surface area contributed by atoms with Crippen LogP contribution in [0.25, 0.3) is 0 Å². The second-order valence-electron chi connectivity index (χ2n) is 2.79. The van der Waals surface area contributed by atoms with E-state index in [1.165, 1.54) is 16.3 Å². The van der Waals surface area contributed by atoms with Crippen molar-refractivity contribution in [1.82, 2.24) is 9.62 Å². The number of benzene rings is 1. The molecule has 1 N–H and O–H groups in total. The molecule has 1 aromatic rings. The second kappa shape index (κ2) is 3.71. The summed E-state index contributed by atoms with van der Waals surface area (Å²) < 4.78 is 1.40. The fraction of sp³-hybridized carbons (Fsp3) is 0.111. The largest absolute Gasteiger partial charge is 0.334 e. The molecule has 0 atom stereocenters. The van der Waals surface area contributed by atoms with Crippen molar-refractivity contribution in [3.63, 3.8) is 0 Å². The Morgan fingerprint density at radius 1 is 1.21 bits per heavy atom. The molecule has 0 aliphatic carbocycles. The Balaban J connectivity index is 2.05. The van der Waals surface area contributed by atoms with Crippen LogP contribution in [-0.4, -0.2) is 22.8 Å². The molecule has 0 bridgehead atoms. The van der Waals surface area contributed by atoms with Gasteiger partial charge in [-0.05, 0) is 24.1 Å². The maximum Gasteiger partial charge on any atom is 0.334 e. The van der Waals surface area contributed by atoms with Crippen LogP contribution in [0.4, 0.5) is 4.79 Å². The molecule has 0 spiro atoms. The van der Waals surface area contributed by atoms with E-state index in [-0.39, 0.29) is 18.5 Å². The third kappa shape index (κ3) is 1.88. The van der Waals surface area contributed by atoms with E-state index >= 15 is 0 Å². The predicted molar refractivity (Wildman–Crippen MR) is 52.5 cm³/mol. The lowest BCUT2D eigenvalue weighted by Gasteiger charge is -2.10. The van der Waals surface area contributed by atoms with E-state index in [0.717, 1.165) is 4.90 Å². The van der Waals surface area contributed by atoms with E-state index in [9.17, 15) is 9.59 Å². The van der Waals surface area contributed by atoms with Gasteiger partial charge in [0.1, 0.15) is 6.54 Å². The molecule has 2 rings (SSSR count). The summed E-state index contributed by atoms with van der Waals surface area (Å²) in [5.41, 5.74) is 0. The van der Waals surface area contributed by atoms with Crippen molar-refractivity contribution in [1.29, 1.82) is 0 Å². The summed E-state index contributed by atoms with van der Waals surface area (Å²) in [5, 5.41) is 2.21. The molecule has 0 unspecified atom stereocenters. The molecule has 1 aliphatic heterocycles. The third-order valence-electron chi connectivity index (χ3n) is 1.72. The summed E-state index contributed by atoms with van der Waals surface area (Å²) in [5.74, 6) is -0.251. The first-order valence-electron chi connectivity index (χ1n) is 4.10. The molecule has 1 heterocycles. The first-order valence-corrected chi connectivity index (χ1v) is 4.87. The summed E-state index contributed by atoms with van der Waals surface area (Å²) in [4.78, 5) is 23.0. The Hall–Kier alpha value is -1.49. The van der Waals surface area contributed by atoms with E-state index in [1.54, 1.807) is 0 Å². The minimum Gasteiger partial charge on any atom is -0.276 e. The molecule has 4 nitrogen and oxygen atoms in total. The number of nitrogens with zero attached hydrogens (tertiary/aromatic N) is 1. The summed E-state index contributed by atoms with van der Waals surface area (Å²) in [6.07, 6.45) is 0. The maximum atomic E-state index is 11.2. The highest BCUT2D eigenvalue weighted by molar-refractivity contribution is 7.97. The summed E-state index contributed by atoms with van der Waals surface area (Å²) >= 11 is 1.26. The number of carbonyl (C=O) groups excluding carboxylic acids is 2. The fourth-order valence-electron chi connectivity index (χ4n) is 1.11. The van der Waals surface area contributed by atoms with Crippen molar-refractivity contribution in [3.8, 4) is 0 Å². The Labute approximate surface area is 85.4 Å². The van der Waals surface area contributed by atoms with E-state index in [1.807, 2.05) is 30.3 Å². The highest BCUT2D eigenvalue weighted by atomic mass is 32.2. The zero-order valence-electron chi connectivity index (χ0n) is 7.27. The molecule has 14 heavy (non-hydrogen) atoms. The van der Waals surface area contributed by atoms with Gasteiger partial charge in [0, 0.05) is 4.90 Å². The molecule has 0 aromatic heterocycles. The highest BCUT2D eigenvalue weighted by Crippen LogP contribution is 2.23. The van der Waals surface area contributed by atoms with E-state index in [0.29, 0.717) is 0 Å². The van der Waals surface area contributed by atoms with Crippen LogP contribution in [0.15, 0.2) is 35.2 Å². The molecule has 5 heteroatoms. The molecule has 1 aromatic carbocycles. The van der Waals surface area contributed by atoms with Crippen LogP contribution in [0.5, 0.6) is 0 Å². The third-order valence-corrected chi connectivity index (χ3v) is 2.72. The van der Waals surface area contributed by atoms with Crippen molar-refractivity contribution in [3.05, 3.63) is 30.3 Å². The smallest absolute Gasteiger partial charge is 0.276 e. The second-order valence-corrected chi connectivity index (χ2v) is 3.89. The molecule has 1 aliphatic rings. The summed E-state index contributed by atoms with van der Waals surface area (Å²) in [6.45, 7) is 0.123. The lowest BCUT2D eigenvalue weighted by molar-refractivity contribution is -0.118. The molecule has 0 radical (unpaired) electrons.